The van der Waals surface area contributed by atoms with Gasteiger partial charge in [-0.3, -0.25) is 4.79 Å². The van der Waals surface area contributed by atoms with Gasteiger partial charge in [0, 0.05) is 16.4 Å². The molecule has 34 rings (SSSR count). The number of methoxy groups -OCH3 is 1. The summed E-state index contributed by atoms with van der Waals surface area (Å²) in [5.41, 5.74) is 6.19. The lowest BCUT2D eigenvalue weighted by Gasteiger charge is -2.31. The van der Waals surface area contributed by atoms with Crippen LogP contribution in [-0.4, -0.2) is 12.9 Å². The van der Waals surface area contributed by atoms with Crippen molar-refractivity contribution in [2.24, 2.45) is 5.92 Å². The number of carbonyl (C=O) groups is 1. The summed E-state index contributed by atoms with van der Waals surface area (Å²) < 4.78 is 5.77. The van der Waals surface area contributed by atoms with E-state index in [1.807, 2.05) is 12.1 Å². The molecule has 5 aliphatic carbocycles. The number of Topliss-reactive ketones (excluding diaryl/α,β-unsaturated/α-hetero) is 1. The fourth-order valence-electron chi connectivity index (χ4n) is 25.7. The normalized spacial score (nSPS) is 23.0. The molecule has 0 saturated heterocycles. The van der Waals surface area contributed by atoms with Crippen LogP contribution in [0.25, 0.3) is 291 Å². The minimum atomic E-state index is -0.491. The van der Waals surface area contributed by atoms with Gasteiger partial charge in [0.25, 0.3) is 0 Å². The second-order valence-corrected chi connectivity index (χ2v) is 25.9. The Morgan fingerprint density at radius 3 is 0.662 bits per heavy atom. The van der Waals surface area contributed by atoms with Crippen molar-refractivity contribution in [3.8, 4) is 5.75 Å². The Labute approximate surface area is 385 Å². The molecular formula is C69H8O2. The van der Waals surface area contributed by atoms with Crippen LogP contribution in [0.3, 0.4) is 0 Å². The van der Waals surface area contributed by atoms with E-state index in [9.17, 15) is 0 Å². The Bertz CT molecular complexity index is 7230. The topological polar surface area (TPSA) is 26.3 Å². The highest BCUT2D eigenvalue weighted by Crippen LogP contribution is 2.93. The van der Waals surface area contributed by atoms with Crippen molar-refractivity contribution in [3.05, 3.63) is 52.1 Å². The van der Waals surface area contributed by atoms with Crippen LogP contribution in [0.15, 0.2) is 24.3 Å². The van der Waals surface area contributed by atoms with E-state index in [2.05, 4.69) is 12.1 Å². The van der Waals surface area contributed by atoms with Gasteiger partial charge in [0.05, 0.1) is 13.0 Å². The average Bonchev–Trinajstić information content (AvgIpc) is 4.43. The molecule has 0 amide bonds. The third-order valence-electron chi connectivity index (χ3n) is 25.9. The molecule has 0 N–H and O–H groups in total. The van der Waals surface area contributed by atoms with Gasteiger partial charge in [0.1, 0.15) is 5.75 Å². The van der Waals surface area contributed by atoms with Crippen LogP contribution in [-0.2, 0) is 10.8 Å². The fourth-order valence-corrected chi connectivity index (χ4v) is 25.7. The van der Waals surface area contributed by atoms with Crippen LogP contribution in [0, 0.1) is 5.92 Å². The van der Waals surface area contributed by atoms with E-state index in [1.165, 1.54) is 0 Å². The zero-order chi connectivity index (χ0) is 42.3. The lowest BCUT2D eigenvalue weighted by atomic mass is 9.69. The first-order chi connectivity index (χ1) is 35.3. The molecule has 5 aliphatic rings. The average molecular weight is 869 g/mol. The molecule has 0 radical (unpaired) electrons. The molecule has 0 aliphatic heterocycles. The second kappa shape index (κ2) is 5.87. The molecule has 296 valence electrons. The highest BCUT2D eigenvalue weighted by atomic mass is 16.5. The number of hydrogen-bond donors (Lipinski definition) is 0. The third-order valence-corrected chi connectivity index (χ3v) is 25.9. The Morgan fingerprint density at radius 2 is 0.437 bits per heavy atom. The van der Waals surface area contributed by atoms with Crippen molar-refractivity contribution in [2.75, 3.05) is 7.11 Å². The van der Waals surface area contributed by atoms with E-state index in [1.54, 1.807) is 320 Å². The van der Waals surface area contributed by atoms with Gasteiger partial charge in [-0.15, -0.1) is 0 Å². The summed E-state index contributed by atoms with van der Waals surface area (Å²) in [5.74, 6) is 0.912. The minimum Gasteiger partial charge on any atom is -0.497 e. The van der Waals surface area contributed by atoms with E-state index >= 15 is 4.79 Å². The Kier molecular flexibility index (Phi) is 2.17. The predicted molar refractivity (Wildman–Crippen MR) is 295 cm³/mol. The van der Waals surface area contributed by atoms with Crippen molar-refractivity contribution >= 4 is 297 Å². The highest BCUT2D eigenvalue weighted by Gasteiger charge is 2.88. The maximum Gasteiger partial charge on any atom is 0.168 e. The number of rotatable bonds is 3. The summed E-state index contributed by atoms with van der Waals surface area (Å²) in [5, 5.41) is 86.3. The maximum absolute atomic E-state index is 16.8. The molecule has 0 heterocycles. The highest BCUT2D eigenvalue weighted by molar-refractivity contribution is 6.82. The molecule has 2 atom stereocenters. The van der Waals surface area contributed by atoms with Crippen molar-refractivity contribution in [1.82, 2.24) is 0 Å². The first-order valence-corrected chi connectivity index (χ1v) is 26.3. The summed E-state index contributed by atoms with van der Waals surface area (Å²) in [6.45, 7) is 0. The number of ether oxygens (including phenoxy) is 1. The van der Waals surface area contributed by atoms with Gasteiger partial charge in [-0.05, 0) is 337 Å². The summed E-state index contributed by atoms with van der Waals surface area (Å²) >= 11 is 0. The summed E-state index contributed by atoms with van der Waals surface area (Å²) in [7, 11) is 1.74. The minimum absolute atomic E-state index is 0.233. The zero-order valence-electron chi connectivity index (χ0n) is 36.2. The maximum atomic E-state index is 16.8. The molecule has 2 heteroatoms. The zero-order valence-corrected chi connectivity index (χ0v) is 36.2. The van der Waals surface area contributed by atoms with E-state index in [-0.39, 0.29) is 5.92 Å². The summed E-state index contributed by atoms with van der Waals surface area (Å²) in [4.78, 5) is 16.8. The first-order valence-electron chi connectivity index (χ1n) is 26.3. The van der Waals surface area contributed by atoms with E-state index in [4.69, 9.17) is 4.74 Å². The van der Waals surface area contributed by atoms with Crippen LogP contribution >= 0.6 is 0 Å². The van der Waals surface area contributed by atoms with Gasteiger partial charge in [-0.1, -0.05) is 0 Å². The Morgan fingerprint density at radius 1 is 0.268 bits per heavy atom. The Balaban J connectivity index is 1.13. The van der Waals surface area contributed by atoms with Crippen molar-refractivity contribution in [1.29, 1.82) is 0 Å². The van der Waals surface area contributed by atoms with Crippen molar-refractivity contribution in [3.63, 3.8) is 0 Å². The standard InChI is InChI=1S/C69H8O2/c1-71-7-4-2-6(3-5-7)66(70)67-68-62-55-48-36-28-19-10-8-9-11-14(10)23-30(28)38-39-31(23)29-20(11)22-18-13(9)16-15-12(8)17-21(19)34(36)42-40-26(17)24(15)32-33-25(16)27(18)41-43-35(22)37(29)49-51(39)60(59(62)50(38)48)63-56(49)54(43)58-47(41)45(33)52-44(32)46(40)57(53(42)55)64(68)61(52)65(58)69(63,67)68/h2-5,67H,1H3. The van der Waals surface area contributed by atoms with Crippen LogP contribution in [0.4, 0.5) is 0 Å². The SMILES string of the molecule is COc1ccc(C(=O)C2C34c5c6c7c8c9c%10c(c%11c%12c3c3c%13c5c5c%14c6c6c8c8c9c9c%15c%10c%11c%10c%11c%12c3c3c%12c%13c5c5c%13c%14c6c6c8c8c9c9c%15c%10c%10c%11c3c3c%12c5c5c%13c6c8c6c9c%10c3c56)C724)cc1. The second-order valence-electron chi connectivity index (χ2n) is 25.9. The van der Waals surface area contributed by atoms with Crippen LogP contribution in [0.2, 0.25) is 0 Å². The summed E-state index contributed by atoms with van der Waals surface area (Å²) in [6, 6.07) is 8.29. The number of benzene rings is 18. The molecule has 1 saturated carbocycles. The lowest BCUT2D eigenvalue weighted by Crippen LogP contribution is -2.25. The third kappa shape index (κ3) is 1.38. The monoisotopic (exact) mass is 868 g/mol. The Hall–Kier alpha value is -8.85. The number of ketones is 1. The largest absolute Gasteiger partial charge is 0.497 e. The molecule has 2 unspecified atom stereocenters. The van der Waals surface area contributed by atoms with Gasteiger partial charge in [-0.25, -0.2) is 0 Å². The van der Waals surface area contributed by atoms with E-state index < -0.39 is 10.8 Å². The fraction of sp³-hybridized carbons (Fsp3) is 0.0580. The van der Waals surface area contributed by atoms with Crippen molar-refractivity contribution < 1.29 is 9.53 Å². The van der Waals surface area contributed by atoms with Gasteiger partial charge in [0.15, 0.2) is 5.78 Å². The molecule has 2 nitrogen and oxygen atoms in total. The number of carbonyl (C=O) groups excluding carboxylic acids is 1. The van der Waals surface area contributed by atoms with Gasteiger partial charge in [0.2, 0.25) is 0 Å². The quantitative estimate of drug-likeness (QED) is 0.131. The van der Waals surface area contributed by atoms with Crippen LogP contribution in [0.1, 0.15) is 32.6 Å². The smallest absolute Gasteiger partial charge is 0.168 e. The predicted octanol–water partition coefficient (Wildman–Crippen LogP) is 17.8. The van der Waals surface area contributed by atoms with Crippen LogP contribution < -0.4 is 4.74 Å². The van der Waals surface area contributed by atoms with Gasteiger partial charge < -0.3 is 4.74 Å². The molecular weight excluding hydrogens is 861 g/mol. The van der Waals surface area contributed by atoms with Crippen LogP contribution in [0.5, 0.6) is 5.75 Å². The molecule has 2 spiro atoms. The van der Waals surface area contributed by atoms with Crippen molar-refractivity contribution in [2.45, 2.75) is 10.8 Å². The first kappa shape index (κ1) is 26.2. The summed E-state index contributed by atoms with van der Waals surface area (Å²) in [6.07, 6.45) is 0. The lowest BCUT2D eigenvalue weighted by molar-refractivity contribution is 0.0955. The number of hydrogen-bond acceptors (Lipinski definition) is 2. The molecule has 1 fully saturated rings. The molecule has 29 aromatic carbocycles. The van der Waals surface area contributed by atoms with Gasteiger partial charge in [-0.2, -0.15) is 0 Å². The molecule has 0 bridgehead atoms. The molecule has 29 aromatic rings. The van der Waals surface area contributed by atoms with Gasteiger partial charge >= 0.3 is 0 Å². The van der Waals surface area contributed by atoms with E-state index in [0.29, 0.717) is 5.78 Å². The molecule has 71 heavy (non-hydrogen) atoms. The molecule has 0 aromatic heterocycles. The van der Waals surface area contributed by atoms with E-state index in [0.717, 1.165) is 11.3 Å².